The molecule has 0 aliphatic rings. The molecule has 2 nitrogen and oxygen atoms in total. The van der Waals surface area contributed by atoms with E-state index in [0.29, 0.717) is 0 Å². The van der Waals surface area contributed by atoms with Crippen molar-refractivity contribution in [3.05, 3.63) is 36.0 Å². The van der Waals surface area contributed by atoms with Crippen LogP contribution >= 0.6 is 0 Å². The number of rotatable bonds is 7. The maximum atomic E-state index is 3.47. The second kappa shape index (κ2) is 6.76. The average molecular weight is 258 g/mol. The molecule has 0 unspecified atom stereocenters. The summed E-state index contributed by atoms with van der Waals surface area (Å²) < 4.78 is 2.39. The van der Waals surface area contributed by atoms with Crippen LogP contribution in [0, 0.1) is 5.92 Å². The Hall–Kier alpha value is -1.28. The summed E-state index contributed by atoms with van der Waals surface area (Å²) in [5.41, 5.74) is 2.75. The largest absolute Gasteiger partial charge is 0.347 e. The molecule has 0 saturated heterocycles. The summed E-state index contributed by atoms with van der Waals surface area (Å²) in [7, 11) is 0. The second-order valence-electron chi connectivity index (χ2n) is 5.76. The van der Waals surface area contributed by atoms with Crippen molar-refractivity contribution < 1.29 is 0 Å². The lowest BCUT2D eigenvalue weighted by atomic mass is 10.1. The molecule has 0 aliphatic carbocycles. The first-order valence-corrected chi connectivity index (χ1v) is 7.49. The Bertz CT molecular complexity index is 511. The fraction of sp³-hybridized carbons (Fsp3) is 0.529. The third-order valence-corrected chi connectivity index (χ3v) is 3.54. The third-order valence-electron chi connectivity index (χ3n) is 3.54. The number of aryl methyl sites for hydroxylation is 1. The zero-order valence-corrected chi connectivity index (χ0v) is 12.4. The first-order chi connectivity index (χ1) is 9.20. The Kier molecular flexibility index (Phi) is 5.03. The summed E-state index contributed by atoms with van der Waals surface area (Å²) in [6, 6.07) is 9.03. The number of hydrogen-bond acceptors (Lipinski definition) is 1. The van der Waals surface area contributed by atoms with Crippen molar-refractivity contribution in [2.45, 2.75) is 46.7 Å². The molecule has 2 aromatic rings. The molecule has 104 valence electrons. The van der Waals surface area contributed by atoms with Gasteiger partial charge in [0, 0.05) is 24.8 Å². The quantitative estimate of drug-likeness (QED) is 0.737. The molecule has 0 aliphatic heterocycles. The van der Waals surface area contributed by atoms with Gasteiger partial charge in [-0.05, 0) is 48.4 Å². The fourth-order valence-electron chi connectivity index (χ4n) is 2.34. The Morgan fingerprint density at radius 3 is 2.79 bits per heavy atom. The van der Waals surface area contributed by atoms with E-state index in [1.54, 1.807) is 0 Å². The molecule has 0 atom stereocenters. The molecule has 0 amide bonds. The van der Waals surface area contributed by atoms with E-state index in [4.69, 9.17) is 0 Å². The molecule has 2 heteroatoms. The van der Waals surface area contributed by atoms with Crippen LogP contribution in [0.15, 0.2) is 30.5 Å². The molecule has 0 radical (unpaired) electrons. The van der Waals surface area contributed by atoms with Crippen molar-refractivity contribution in [2.24, 2.45) is 5.92 Å². The molecule has 1 N–H and O–H groups in total. The lowest BCUT2D eigenvalue weighted by molar-refractivity contribution is 0.524. The lowest BCUT2D eigenvalue weighted by Crippen LogP contribution is -2.13. The van der Waals surface area contributed by atoms with E-state index in [9.17, 15) is 0 Å². The van der Waals surface area contributed by atoms with Gasteiger partial charge in [0.15, 0.2) is 0 Å². The molecular formula is C17H26N2. The molecule has 0 spiro atoms. The van der Waals surface area contributed by atoms with Crippen LogP contribution in [0.1, 0.15) is 39.2 Å². The maximum absolute atomic E-state index is 3.47. The molecule has 0 fully saturated rings. The number of aromatic nitrogens is 1. The number of nitrogens with one attached hydrogen (secondary N) is 1. The van der Waals surface area contributed by atoms with Gasteiger partial charge in [0.05, 0.1) is 0 Å². The SMILES string of the molecule is CCCNCc1ccc2ccn(CCC(C)C)c2c1. The molecule has 19 heavy (non-hydrogen) atoms. The van der Waals surface area contributed by atoms with E-state index in [1.165, 1.54) is 29.3 Å². The van der Waals surface area contributed by atoms with Crippen LogP contribution in [0.2, 0.25) is 0 Å². The standard InChI is InChI=1S/C17H26N2/c1-4-9-18-13-15-5-6-16-8-11-19(17(16)12-15)10-7-14(2)3/h5-6,8,11-12,14,18H,4,7,9-10,13H2,1-3H3. The topological polar surface area (TPSA) is 17.0 Å². The van der Waals surface area contributed by atoms with Crippen LogP contribution in [0.3, 0.4) is 0 Å². The molecule has 1 aromatic heterocycles. The van der Waals surface area contributed by atoms with Crippen LogP contribution in [-0.2, 0) is 13.1 Å². The molecule has 1 heterocycles. The van der Waals surface area contributed by atoms with Gasteiger partial charge >= 0.3 is 0 Å². The number of hydrogen-bond donors (Lipinski definition) is 1. The normalized spacial score (nSPS) is 11.6. The van der Waals surface area contributed by atoms with Gasteiger partial charge in [-0.3, -0.25) is 0 Å². The summed E-state index contributed by atoms with van der Waals surface area (Å²) in [4.78, 5) is 0. The predicted octanol–water partition coefficient (Wildman–Crippen LogP) is 4.19. The molecule has 1 aromatic carbocycles. The average Bonchev–Trinajstić information content (AvgIpc) is 2.79. The number of fused-ring (bicyclic) bond motifs is 1. The van der Waals surface area contributed by atoms with Crippen molar-refractivity contribution in [1.29, 1.82) is 0 Å². The monoisotopic (exact) mass is 258 g/mol. The van der Waals surface area contributed by atoms with Crippen LogP contribution in [0.4, 0.5) is 0 Å². The molecule has 0 bridgehead atoms. The van der Waals surface area contributed by atoms with E-state index in [-0.39, 0.29) is 0 Å². The number of nitrogens with zero attached hydrogens (tertiary/aromatic N) is 1. The summed E-state index contributed by atoms with van der Waals surface area (Å²) in [6.45, 7) is 9.95. The van der Waals surface area contributed by atoms with Gasteiger partial charge in [-0.1, -0.05) is 32.9 Å². The lowest BCUT2D eigenvalue weighted by Gasteiger charge is -2.09. The van der Waals surface area contributed by atoms with E-state index < -0.39 is 0 Å². The molecule has 0 saturated carbocycles. The summed E-state index contributed by atoms with van der Waals surface area (Å²) in [6.07, 6.45) is 4.64. The highest BCUT2D eigenvalue weighted by atomic mass is 14.9. The highest BCUT2D eigenvalue weighted by Crippen LogP contribution is 2.19. The van der Waals surface area contributed by atoms with E-state index >= 15 is 0 Å². The molecular weight excluding hydrogens is 232 g/mol. The zero-order valence-electron chi connectivity index (χ0n) is 12.4. The van der Waals surface area contributed by atoms with Gasteiger partial charge in [0.25, 0.3) is 0 Å². The van der Waals surface area contributed by atoms with Crippen molar-refractivity contribution >= 4 is 10.9 Å². The smallest absolute Gasteiger partial charge is 0.0483 e. The van der Waals surface area contributed by atoms with Gasteiger partial charge in [-0.2, -0.15) is 0 Å². The fourth-order valence-corrected chi connectivity index (χ4v) is 2.34. The third kappa shape index (κ3) is 3.84. The highest BCUT2D eigenvalue weighted by Gasteiger charge is 2.03. The first-order valence-electron chi connectivity index (χ1n) is 7.49. The Balaban J connectivity index is 2.12. The minimum atomic E-state index is 0.756. The van der Waals surface area contributed by atoms with Crippen LogP contribution in [0.5, 0.6) is 0 Å². The molecule has 2 rings (SSSR count). The zero-order chi connectivity index (χ0) is 13.7. The van der Waals surface area contributed by atoms with Gasteiger partial charge in [-0.15, -0.1) is 0 Å². The van der Waals surface area contributed by atoms with Gasteiger partial charge in [-0.25, -0.2) is 0 Å². The second-order valence-corrected chi connectivity index (χ2v) is 5.76. The van der Waals surface area contributed by atoms with Crippen LogP contribution in [-0.4, -0.2) is 11.1 Å². The first kappa shape index (κ1) is 14.1. The van der Waals surface area contributed by atoms with Crippen molar-refractivity contribution in [3.63, 3.8) is 0 Å². The van der Waals surface area contributed by atoms with Crippen LogP contribution in [0.25, 0.3) is 10.9 Å². The van der Waals surface area contributed by atoms with E-state index in [2.05, 4.69) is 61.1 Å². The highest BCUT2D eigenvalue weighted by molar-refractivity contribution is 5.80. The predicted molar refractivity (Wildman–Crippen MR) is 83.4 cm³/mol. The van der Waals surface area contributed by atoms with Gasteiger partial charge in [0.2, 0.25) is 0 Å². The summed E-state index contributed by atoms with van der Waals surface area (Å²) >= 11 is 0. The summed E-state index contributed by atoms with van der Waals surface area (Å²) in [5.74, 6) is 0.756. The van der Waals surface area contributed by atoms with Crippen molar-refractivity contribution in [1.82, 2.24) is 9.88 Å². The van der Waals surface area contributed by atoms with Gasteiger partial charge < -0.3 is 9.88 Å². The Morgan fingerprint density at radius 1 is 1.21 bits per heavy atom. The minimum Gasteiger partial charge on any atom is -0.347 e. The Labute approximate surface area is 116 Å². The van der Waals surface area contributed by atoms with Crippen molar-refractivity contribution in [3.8, 4) is 0 Å². The van der Waals surface area contributed by atoms with E-state index in [1.807, 2.05) is 0 Å². The van der Waals surface area contributed by atoms with Gasteiger partial charge in [0.1, 0.15) is 0 Å². The maximum Gasteiger partial charge on any atom is 0.0483 e. The number of benzene rings is 1. The van der Waals surface area contributed by atoms with Crippen molar-refractivity contribution in [2.75, 3.05) is 6.54 Å². The Morgan fingerprint density at radius 2 is 2.05 bits per heavy atom. The van der Waals surface area contributed by atoms with Crippen LogP contribution < -0.4 is 5.32 Å². The minimum absolute atomic E-state index is 0.756. The van der Waals surface area contributed by atoms with E-state index in [0.717, 1.165) is 25.6 Å². The summed E-state index contributed by atoms with van der Waals surface area (Å²) in [5, 5.41) is 4.82.